The van der Waals surface area contributed by atoms with E-state index >= 15 is 0 Å². The second kappa shape index (κ2) is 6.30. The van der Waals surface area contributed by atoms with Crippen LogP contribution in [0.3, 0.4) is 0 Å². The molecule has 0 saturated heterocycles. The summed E-state index contributed by atoms with van der Waals surface area (Å²) < 4.78 is 11.1. The molecule has 1 aliphatic heterocycles. The number of fused-ring (bicyclic) bond motifs is 1. The van der Waals surface area contributed by atoms with Gasteiger partial charge in [0, 0.05) is 0 Å². The number of rotatable bonds is 3. The summed E-state index contributed by atoms with van der Waals surface area (Å²) in [6.45, 7) is 2.18. The first kappa shape index (κ1) is 14.1. The minimum absolute atomic E-state index is 0.170. The predicted molar refractivity (Wildman–Crippen MR) is 83.3 cm³/mol. The third-order valence-electron chi connectivity index (χ3n) is 3.27. The van der Waals surface area contributed by atoms with Gasteiger partial charge in [-0.1, -0.05) is 42.0 Å². The van der Waals surface area contributed by atoms with Crippen LogP contribution in [-0.2, 0) is 4.79 Å². The van der Waals surface area contributed by atoms with Gasteiger partial charge in [0.15, 0.2) is 11.5 Å². The Morgan fingerprint density at radius 3 is 2.68 bits per heavy atom. The summed E-state index contributed by atoms with van der Waals surface area (Å²) in [7, 11) is 0. The summed E-state index contributed by atoms with van der Waals surface area (Å²) in [4.78, 5) is 12.0. The highest BCUT2D eigenvalue weighted by Crippen LogP contribution is 2.30. The van der Waals surface area contributed by atoms with Gasteiger partial charge < -0.3 is 9.47 Å². The maximum absolute atomic E-state index is 12.0. The van der Waals surface area contributed by atoms with Crippen LogP contribution in [0.4, 0.5) is 0 Å². The SMILES string of the molecule is Cc1ccc(/C=N\NC(=O)[C@@H]2COc3ccccc3O2)cc1. The number of carbonyl (C=O) groups is 1. The molecular weight excluding hydrogens is 280 g/mol. The van der Waals surface area contributed by atoms with E-state index in [2.05, 4.69) is 10.5 Å². The van der Waals surface area contributed by atoms with E-state index in [1.807, 2.05) is 43.3 Å². The summed E-state index contributed by atoms with van der Waals surface area (Å²) in [5.41, 5.74) is 4.56. The quantitative estimate of drug-likeness (QED) is 0.698. The number of carbonyl (C=O) groups excluding carboxylic acids is 1. The largest absolute Gasteiger partial charge is 0.485 e. The molecule has 1 aliphatic rings. The van der Waals surface area contributed by atoms with Crippen LogP contribution in [0.15, 0.2) is 53.6 Å². The Balaban J connectivity index is 1.58. The molecule has 2 aromatic rings. The number of nitrogens with zero attached hydrogens (tertiary/aromatic N) is 1. The average molecular weight is 296 g/mol. The Kier molecular flexibility index (Phi) is 4.05. The minimum atomic E-state index is -0.704. The van der Waals surface area contributed by atoms with Crippen molar-refractivity contribution in [2.24, 2.45) is 5.10 Å². The van der Waals surface area contributed by atoms with Crippen LogP contribution in [0.2, 0.25) is 0 Å². The molecule has 3 rings (SSSR count). The maximum atomic E-state index is 12.0. The number of ether oxygens (including phenoxy) is 2. The van der Waals surface area contributed by atoms with E-state index in [9.17, 15) is 4.79 Å². The number of aryl methyl sites for hydroxylation is 1. The number of hydrazone groups is 1. The van der Waals surface area contributed by atoms with Crippen molar-refractivity contribution in [1.82, 2.24) is 5.43 Å². The van der Waals surface area contributed by atoms with Gasteiger partial charge in [-0.15, -0.1) is 0 Å². The first-order valence-corrected chi connectivity index (χ1v) is 7.00. The zero-order valence-electron chi connectivity index (χ0n) is 12.2. The van der Waals surface area contributed by atoms with Crippen molar-refractivity contribution in [1.29, 1.82) is 0 Å². The number of hydrogen-bond acceptors (Lipinski definition) is 4. The fourth-order valence-electron chi connectivity index (χ4n) is 2.04. The lowest BCUT2D eigenvalue weighted by Gasteiger charge is -2.24. The summed E-state index contributed by atoms with van der Waals surface area (Å²) in [6.07, 6.45) is 0.889. The van der Waals surface area contributed by atoms with Gasteiger partial charge in [-0.3, -0.25) is 4.79 Å². The third-order valence-corrected chi connectivity index (χ3v) is 3.27. The van der Waals surface area contributed by atoms with Gasteiger partial charge in [-0.05, 0) is 24.6 Å². The van der Waals surface area contributed by atoms with Crippen LogP contribution >= 0.6 is 0 Å². The van der Waals surface area contributed by atoms with E-state index in [1.165, 1.54) is 5.56 Å². The zero-order chi connectivity index (χ0) is 15.4. The van der Waals surface area contributed by atoms with Crippen molar-refractivity contribution in [3.05, 3.63) is 59.7 Å². The Morgan fingerprint density at radius 1 is 1.18 bits per heavy atom. The van der Waals surface area contributed by atoms with Crippen LogP contribution in [-0.4, -0.2) is 24.8 Å². The molecule has 0 aliphatic carbocycles. The van der Waals surface area contributed by atoms with Crippen LogP contribution in [0.25, 0.3) is 0 Å². The Labute approximate surface area is 128 Å². The molecule has 0 saturated carbocycles. The highest BCUT2D eigenvalue weighted by Gasteiger charge is 2.26. The van der Waals surface area contributed by atoms with Crippen molar-refractivity contribution in [3.8, 4) is 11.5 Å². The highest BCUT2D eigenvalue weighted by molar-refractivity contribution is 5.84. The predicted octanol–water partition coefficient (Wildman–Crippen LogP) is 2.29. The van der Waals surface area contributed by atoms with E-state index in [-0.39, 0.29) is 12.5 Å². The van der Waals surface area contributed by atoms with Gasteiger partial charge in [0.2, 0.25) is 6.10 Å². The normalized spacial score (nSPS) is 16.5. The Bertz CT molecular complexity index is 695. The fourth-order valence-corrected chi connectivity index (χ4v) is 2.04. The lowest BCUT2D eigenvalue weighted by atomic mass is 10.2. The summed E-state index contributed by atoms with van der Waals surface area (Å²) in [5.74, 6) is 0.879. The van der Waals surface area contributed by atoms with E-state index < -0.39 is 6.10 Å². The zero-order valence-corrected chi connectivity index (χ0v) is 12.2. The molecule has 0 unspecified atom stereocenters. The van der Waals surface area contributed by atoms with Gasteiger partial charge in [0.25, 0.3) is 5.91 Å². The molecular formula is C17H16N2O3. The molecule has 22 heavy (non-hydrogen) atoms. The van der Waals surface area contributed by atoms with Gasteiger partial charge in [-0.2, -0.15) is 5.10 Å². The monoisotopic (exact) mass is 296 g/mol. The van der Waals surface area contributed by atoms with Crippen LogP contribution in [0, 0.1) is 6.92 Å². The number of hydrogen-bond donors (Lipinski definition) is 1. The first-order valence-electron chi connectivity index (χ1n) is 7.00. The van der Waals surface area contributed by atoms with E-state index in [1.54, 1.807) is 18.3 Å². The van der Waals surface area contributed by atoms with E-state index in [4.69, 9.17) is 9.47 Å². The number of amides is 1. The summed E-state index contributed by atoms with van der Waals surface area (Å²) in [6, 6.07) is 15.1. The molecule has 1 amide bonds. The molecule has 0 bridgehead atoms. The Hall–Kier alpha value is -2.82. The van der Waals surface area contributed by atoms with Crippen LogP contribution in [0.1, 0.15) is 11.1 Å². The molecule has 0 aromatic heterocycles. The van der Waals surface area contributed by atoms with Crippen molar-refractivity contribution in [2.75, 3.05) is 6.61 Å². The lowest BCUT2D eigenvalue weighted by molar-refractivity contribution is -0.130. The number of nitrogens with one attached hydrogen (secondary N) is 1. The Morgan fingerprint density at radius 2 is 1.91 bits per heavy atom. The van der Waals surface area contributed by atoms with E-state index in [0.717, 1.165) is 5.56 Å². The standard InChI is InChI=1S/C17H16N2O3/c1-12-6-8-13(9-7-12)10-18-19-17(20)16-11-21-14-4-2-3-5-15(14)22-16/h2-10,16H,11H2,1H3,(H,19,20)/b18-10-/t16-/m0/s1. The van der Waals surface area contributed by atoms with Crippen molar-refractivity contribution in [3.63, 3.8) is 0 Å². The molecule has 2 aromatic carbocycles. The van der Waals surface area contributed by atoms with Crippen molar-refractivity contribution >= 4 is 12.1 Å². The molecule has 1 heterocycles. The van der Waals surface area contributed by atoms with Crippen LogP contribution < -0.4 is 14.9 Å². The molecule has 1 N–H and O–H groups in total. The van der Waals surface area contributed by atoms with Gasteiger partial charge >= 0.3 is 0 Å². The highest BCUT2D eigenvalue weighted by atomic mass is 16.6. The molecule has 112 valence electrons. The van der Waals surface area contributed by atoms with Gasteiger partial charge in [0.05, 0.1) is 6.21 Å². The number of para-hydroxylation sites is 2. The molecule has 0 radical (unpaired) electrons. The van der Waals surface area contributed by atoms with Crippen LogP contribution in [0.5, 0.6) is 11.5 Å². The summed E-state index contributed by atoms with van der Waals surface area (Å²) in [5, 5.41) is 3.94. The first-order chi connectivity index (χ1) is 10.7. The minimum Gasteiger partial charge on any atom is -0.485 e. The third kappa shape index (κ3) is 3.25. The molecule has 1 atom stereocenters. The van der Waals surface area contributed by atoms with Crippen molar-refractivity contribution in [2.45, 2.75) is 13.0 Å². The topological polar surface area (TPSA) is 59.9 Å². The van der Waals surface area contributed by atoms with Gasteiger partial charge in [0.1, 0.15) is 6.61 Å². The molecule has 0 fully saturated rings. The van der Waals surface area contributed by atoms with Crippen molar-refractivity contribution < 1.29 is 14.3 Å². The van der Waals surface area contributed by atoms with Gasteiger partial charge in [-0.25, -0.2) is 5.43 Å². The fraction of sp³-hybridized carbons (Fsp3) is 0.176. The molecule has 5 nitrogen and oxygen atoms in total. The molecule has 0 spiro atoms. The second-order valence-corrected chi connectivity index (χ2v) is 5.01. The molecule has 5 heteroatoms. The number of benzene rings is 2. The lowest BCUT2D eigenvalue weighted by Crippen LogP contribution is -2.42. The smallest absolute Gasteiger partial charge is 0.284 e. The average Bonchev–Trinajstić information content (AvgIpc) is 2.56. The maximum Gasteiger partial charge on any atom is 0.284 e. The summed E-state index contributed by atoms with van der Waals surface area (Å²) >= 11 is 0. The second-order valence-electron chi connectivity index (χ2n) is 5.01. The van der Waals surface area contributed by atoms with E-state index in [0.29, 0.717) is 11.5 Å².